The van der Waals surface area contributed by atoms with Gasteiger partial charge in [0.15, 0.2) is 0 Å². The first-order valence-electron chi connectivity index (χ1n) is 8.74. The fourth-order valence-electron chi connectivity index (χ4n) is 2.65. The Morgan fingerprint density at radius 1 is 1.27 bits per heavy atom. The molecule has 0 bridgehead atoms. The van der Waals surface area contributed by atoms with E-state index in [1.165, 1.54) is 0 Å². The highest BCUT2D eigenvalue weighted by Gasteiger charge is 2.12. The first-order chi connectivity index (χ1) is 12.7. The number of rotatable bonds is 6. The molecule has 0 saturated carbocycles. The van der Waals surface area contributed by atoms with E-state index in [9.17, 15) is 4.79 Å². The lowest BCUT2D eigenvalue weighted by molar-refractivity contribution is 0.122. The van der Waals surface area contributed by atoms with Crippen LogP contribution in [0, 0.1) is 6.92 Å². The number of carbonyl (C=O) groups is 1. The summed E-state index contributed by atoms with van der Waals surface area (Å²) in [5.41, 5.74) is 1.79. The molecule has 1 aromatic heterocycles. The molecule has 0 atom stereocenters. The molecule has 2 N–H and O–H groups in total. The van der Waals surface area contributed by atoms with Crippen molar-refractivity contribution < 1.29 is 14.3 Å². The average molecular weight is 356 g/mol. The molecule has 1 saturated heterocycles. The first-order valence-corrected chi connectivity index (χ1v) is 8.74. The lowest BCUT2D eigenvalue weighted by atomic mass is 10.2. The molecule has 1 aliphatic rings. The molecule has 0 spiro atoms. The highest BCUT2D eigenvalue weighted by molar-refractivity contribution is 5.89. The van der Waals surface area contributed by atoms with Gasteiger partial charge in [-0.3, -0.25) is 0 Å². The number of hydrogen-bond acceptors (Lipinski definition) is 5. The van der Waals surface area contributed by atoms with Crippen LogP contribution in [0.3, 0.4) is 0 Å². The third-order valence-corrected chi connectivity index (χ3v) is 3.99. The summed E-state index contributed by atoms with van der Waals surface area (Å²) in [5, 5.41) is 5.53. The summed E-state index contributed by atoms with van der Waals surface area (Å²) in [5.74, 6) is 1.70. The lowest BCUT2D eigenvalue weighted by Gasteiger charge is -2.27. The van der Waals surface area contributed by atoms with E-state index in [1.807, 2.05) is 43.3 Å². The zero-order valence-electron chi connectivity index (χ0n) is 14.9. The van der Waals surface area contributed by atoms with Crippen LogP contribution in [0.15, 0.2) is 42.6 Å². The van der Waals surface area contributed by atoms with E-state index in [0.717, 1.165) is 30.2 Å². The number of urea groups is 1. The third kappa shape index (κ3) is 5.35. The second-order valence-electron chi connectivity index (χ2n) is 6.05. The van der Waals surface area contributed by atoms with E-state index >= 15 is 0 Å². The van der Waals surface area contributed by atoms with Crippen LogP contribution in [-0.4, -0.2) is 50.5 Å². The van der Waals surface area contributed by atoms with Crippen LogP contribution in [0.1, 0.15) is 5.56 Å². The number of aryl methyl sites for hydroxylation is 1. The molecule has 3 rings (SSSR count). The number of anilines is 2. The Labute approximate surface area is 153 Å². The van der Waals surface area contributed by atoms with Gasteiger partial charge >= 0.3 is 6.03 Å². The quantitative estimate of drug-likeness (QED) is 0.778. The Bertz CT molecular complexity index is 715. The number of aromatic nitrogens is 1. The summed E-state index contributed by atoms with van der Waals surface area (Å²) in [6.07, 6.45) is 1.66. The van der Waals surface area contributed by atoms with Gasteiger partial charge in [-0.1, -0.05) is 12.1 Å². The Kier molecular flexibility index (Phi) is 6.27. The van der Waals surface area contributed by atoms with Gasteiger partial charge in [0, 0.05) is 13.1 Å². The number of morpholine rings is 1. The van der Waals surface area contributed by atoms with E-state index in [1.54, 1.807) is 6.20 Å². The SMILES string of the molecule is Cc1cccc(OCCNC(=O)Nc2ccc(N3CCOCC3)nc2)c1. The zero-order valence-corrected chi connectivity index (χ0v) is 14.9. The largest absolute Gasteiger partial charge is 0.492 e. The molecule has 1 aromatic carbocycles. The van der Waals surface area contributed by atoms with Crippen LogP contribution in [-0.2, 0) is 4.74 Å². The van der Waals surface area contributed by atoms with Crippen molar-refractivity contribution in [3.05, 3.63) is 48.2 Å². The Hall–Kier alpha value is -2.80. The fourth-order valence-corrected chi connectivity index (χ4v) is 2.65. The number of ether oxygens (including phenoxy) is 2. The molecule has 2 aromatic rings. The summed E-state index contributed by atoms with van der Waals surface area (Å²) in [7, 11) is 0. The third-order valence-electron chi connectivity index (χ3n) is 3.99. The lowest BCUT2D eigenvalue weighted by Crippen LogP contribution is -2.36. The van der Waals surface area contributed by atoms with Crippen molar-refractivity contribution in [2.24, 2.45) is 0 Å². The zero-order chi connectivity index (χ0) is 18.2. The van der Waals surface area contributed by atoms with Gasteiger partial charge in [0.2, 0.25) is 0 Å². The van der Waals surface area contributed by atoms with Crippen molar-refractivity contribution in [2.45, 2.75) is 6.92 Å². The summed E-state index contributed by atoms with van der Waals surface area (Å²) in [4.78, 5) is 18.5. The maximum absolute atomic E-state index is 11.9. The van der Waals surface area contributed by atoms with Gasteiger partial charge in [0.25, 0.3) is 0 Å². The fraction of sp³-hybridized carbons (Fsp3) is 0.368. The van der Waals surface area contributed by atoms with Gasteiger partial charge < -0.3 is 25.0 Å². The minimum atomic E-state index is -0.279. The molecule has 1 aliphatic heterocycles. The molecular weight excluding hydrogens is 332 g/mol. The van der Waals surface area contributed by atoms with Crippen LogP contribution in [0.2, 0.25) is 0 Å². The van der Waals surface area contributed by atoms with Crippen molar-refractivity contribution in [2.75, 3.05) is 49.7 Å². The molecule has 1 fully saturated rings. The van der Waals surface area contributed by atoms with Gasteiger partial charge in [-0.2, -0.15) is 0 Å². The predicted octanol–water partition coefficient (Wildman–Crippen LogP) is 2.43. The van der Waals surface area contributed by atoms with Gasteiger partial charge in [-0.05, 0) is 36.8 Å². The predicted molar refractivity (Wildman–Crippen MR) is 101 cm³/mol. The average Bonchev–Trinajstić information content (AvgIpc) is 2.67. The van der Waals surface area contributed by atoms with Crippen LogP contribution >= 0.6 is 0 Å². The maximum atomic E-state index is 11.9. The van der Waals surface area contributed by atoms with E-state index in [4.69, 9.17) is 9.47 Å². The summed E-state index contributed by atoms with van der Waals surface area (Å²) >= 11 is 0. The maximum Gasteiger partial charge on any atom is 0.319 e. The number of hydrogen-bond donors (Lipinski definition) is 2. The number of amides is 2. The van der Waals surface area contributed by atoms with Crippen molar-refractivity contribution in [3.63, 3.8) is 0 Å². The number of benzene rings is 1. The highest BCUT2D eigenvalue weighted by atomic mass is 16.5. The second kappa shape index (κ2) is 9.05. The van der Waals surface area contributed by atoms with Gasteiger partial charge in [-0.25, -0.2) is 9.78 Å². The summed E-state index contributed by atoms with van der Waals surface area (Å²) in [6.45, 7) is 5.94. The van der Waals surface area contributed by atoms with E-state index in [0.29, 0.717) is 32.1 Å². The van der Waals surface area contributed by atoms with Crippen molar-refractivity contribution in [1.82, 2.24) is 10.3 Å². The van der Waals surface area contributed by atoms with E-state index in [2.05, 4.69) is 20.5 Å². The van der Waals surface area contributed by atoms with Crippen LogP contribution in [0.5, 0.6) is 5.75 Å². The Morgan fingerprint density at radius 2 is 2.12 bits per heavy atom. The van der Waals surface area contributed by atoms with Crippen LogP contribution in [0.25, 0.3) is 0 Å². The molecule has 2 amide bonds. The molecule has 7 heteroatoms. The molecule has 0 aliphatic carbocycles. The highest BCUT2D eigenvalue weighted by Crippen LogP contribution is 2.15. The standard InChI is InChI=1S/C19H24N4O3/c1-15-3-2-4-17(13-15)26-10-7-20-19(24)22-16-5-6-18(21-14-16)23-8-11-25-12-9-23/h2-6,13-14H,7-12H2,1H3,(H2,20,22,24). The molecule has 2 heterocycles. The number of carbonyl (C=O) groups excluding carboxylic acids is 1. The molecule has 138 valence electrons. The van der Waals surface area contributed by atoms with Crippen molar-refractivity contribution in [1.29, 1.82) is 0 Å². The minimum absolute atomic E-state index is 0.279. The molecule has 0 radical (unpaired) electrons. The van der Waals surface area contributed by atoms with Crippen molar-refractivity contribution in [3.8, 4) is 5.75 Å². The Morgan fingerprint density at radius 3 is 2.85 bits per heavy atom. The summed E-state index contributed by atoms with van der Waals surface area (Å²) in [6, 6.07) is 11.3. The summed E-state index contributed by atoms with van der Waals surface area (Å²) < 4.78 is 10.9. The number of nitrogens with zero attached hydrogens (tertiary/aromatic N) is 2. The normalized spacial score (nSPS) is 14.0. The monoisotopic (exact) mass is 356 g/mol. The van der Waals surface area contributed by atoms with Gasteiger partial charge in [0.1, 0.15) is 18.2 Å². The molecule has 7 nitrogen and oxygen atoms in total. The first kappa shape index (κ1) is 18.0. The van der Waals surface area contributed by atoms with Crippen LogP contribution < -0.4 is 20.3 Å². The number of nitrogens with one attached hydrogen (secondary N) is 2. The molecule has 0 unspecified atom stereocenters. The van der Waals surface area contributed by atoms with E-state index in [-0.39, 0.29) is 6.03 Å². The minimum Gasteiger partial charge on any atom is -0.492 e. The second-order valence-corrected chi connectivity index (χ2v) is 6.05. The molecular formula is C19H24N4O3. The Balaban J connectivity index is 1.39. The van der Waals surface area contributed by atoms with Gasteiger partial charge in [0.05, 0.1) is 31.6 Å². The van der Waals surface area contributed by atoms with Crippen LogP contribution in [0.4, 0.5) is 16.3 Å². The van der Waals surface area contributed by atoms with Gasteiger partial charge in [-0.15, -0.1) is 0 Å². The molecule has 26 heavy (non-hydrogen) atoms. The van der Waals surface area contributed by atoms with Crippen molar-refractivity contribution >= 4 is 17.5 Å². The number of pyridine rings is 1. The smallest absolute Gasteiger partial charge is 0.319 e. The topological polar surface area (TPSA) is 75.7 Å². The van der Waals surface area contributed by atoms with E-state index < -0.39 is 0 Å².